The molecule has 2 N–H and O–H groups in total. The first-order valence-electron chi connectivity index (χ1n) is 7.82. The highest BCUT2D eigenvalue weighted by Gasteiger charge is 2.54. The summed E-state index contributed by atoms with van der Waals surface area (Å²) < 4.78 is 0. The molecule has 0 aromatic heterocycles. The van der Waals surface area contributed by atoms with Gasteiger partial charge in [-0.3, -0.25) is 14.5 Å². The second-order valence-corrected chi connectivity index (χ2v) is 6.58. The fraction of sp³-hybridized carbons (Fsp3) is 0.529. The van der Waals surface area contributed by atoms with Crippen LogP contribution >= 0.6 is 0 Å². The summed E-state index contributed by atoms with van der Waals surface area (Å²) in [6.07, 6.45) is 2.69. The van der Waals surface area contributed by atoms with Gasteiger partial charge in [0.05, 0.1) is 12.0 Å². The topological polar surface area (TPSA) is 69.6 Å². The molecule has 118 valence electrons. The Hall–Kier alpha value is -1.88. The molecule has 1 aromatic carbocycles. The molecule has 0 spiro atoms. The van der Waals surface area contributed by atoms with Crippen LogP contribution in [0.15, 0.2) is 24.3 Å². The lowest BCUT2D eigenvalue weighted by molar-refractivity contribution is -0.149. The minimum absolute atomic E-state index is 0.0742. The van der Waals surface area contributed by atoms with Crippen LogP contribution in [0.1, 0.15) is 24.8 Å². The Morgan fingerprint density at radius 3 is 2.86 bits per heavy atom. The number of carboxylic acids is 1. The molecule has 3 rings (SSSR count). The lowest BCUT2D eigenvalue weighted by Gasteiger charge is -2.23. The number of carboxylic acid groups (broad SMARTS) is 1. The largest absolute Gasteiger partial charge is 0.481 e. The summed E-state index contributed by atoms with van der Waals surface area (Å²) in [6.45, 7) is 3.43. The van der Waals surface area contributed by atoms with Gasteiger partial charge in [0.2, 0.25) is 5.91 Å². The van der Waals surface area contributed by atoms with Crippen molar-refractivity contribution < 1.29 is 14.7 Å². The summed E-state index contributed by atoms with van der Waals surface area (Å²) in [5.41, 5.74) is 1.22. The Bertz CT molecular complexity index is 601. The van der Waals surface area contributed by atoms with E-state index in [1.807, 2.05) is 36.1 Å². The molecule has 1 saturated heterocycles. The molecule has 0 unspecified atom stereocenters. The van der Waals surface area contributed by atoms with E-state index < -0.39 is 11.4 Å². The smallest absolute Gasteiger partial charge is 0.311 e. The predicted molar refractivity (Wildman–Crippen MR) is 83.7 cm³/mol. The quantitative estimate of drug-likeness (QED) is 0.894. The molecule has 1 aliphatic heterocycles. The zero-order chi connectivity index (χ0) is 15.7. The predicted octanol–water partition coefficient (Wildman–Crippen LogP) is 2.12. The Kier molecular flexibility index (Phi) is 3.91. The Morgan fingerprint density at radius 2 is 2.18 bits per heavy atom. The molecular formula is C17H22N2O3. The Labute approximate surface area is 130 Å². The first kappa shape index (κ1) is 15.0. The second-order valence-electron chi connectivity index (χ2n) is 6.58. The summed E-state index contributed by atoms with van der Waals surface area (Å²) in [7, 11) is 0. The second kappa shape index (κ2) is 5.72. The molecule has 0 radical (unpaired) electrons. The van der Waals surface area contributed by atoms with Gasteiger partial charge in [-0.1, -0.05) is 24.6 Å². The summed E-state index contributed by atoms with van der Waals surface area (Å²) in [6, 6.07) is 7.66. The van der Waals surface area contributed by atoms with E-state index in [1.54, 1.807) is 0 Å². The number of likely N-dealkylation sites (tertiary alicyclic amines) is 1. The van der Waals surface area contributed by atoms with Crippen LogP contribution < -0.4 is 5.32 Å². The van der Waals surface area contributed by atoms with E-state index in [2.05, 4.69) is 5.32 Å². The number of benzene rings is 1. The Morgan fingerprint density at radius 1 is 1.41 bits per heavy atom. The van der Waals surface area contributed by atoms with Crippen molar-refractivity contribution in [1.82, 2.24) is 4.90 Å². The molecule has 1 heterocycles. The van der Waals surface area contributed by atoms with Crippen LogP contribution in [-0.2, 0) is 9.59 Å². The summed E-state index contributed by atoms with van der Waals surface area (Å²) >= 11 is 0. The van der Waals surface area contributed by atoms with Crippen molar-refractivity contribution in [2.75, 3.05) is 25.0 Å². The summed E-state index contributed by atoms with van der Waals surface area (Å²) in [5.74, 6) is -0.581. The average Bonchev–Trinajstić information content (AvgIpc) is 2.99. The van der Waals surface area contributed by atoms with Crippen LogP contribution in [0.3, 0.4) is 0 Å². The molecule has 2 aliphatic rings. The van der Waals surface area contributed by atoms with Crippen LogP contribution in [0.4, 0.5) is 5.69 Å². The average molecular weight is 302 g/mol. The maximum Gasteiger partial charge on any atom is 0.311 e. The molecule has 5 heteroatoms. The van der Waals surface area contributed by atoms with E-state index in [0.29, 0.717) is 13.1 Å². The maximum atomic E-state index is 12.2. The highest BCUT2D eigenvalue weighted by molar-refractivity contribution is 5.93. The van der Waals surface area contributed by atoms with Gasteiger partial charge in [0.25, 0.3) is 0 Å². The molecule has 1 aromatic rings. The van der Waals surface area contributed by atoms with E-state index in [-0.39, 0.29) is 18.4 Å². The third-order valence-corrected chi connectivity index (χ3v) is 5.15. The van der Waals surface area contributed by atoms with Gasteiger partial charge >= 0.3 is 5.97 Å². The van der Waals surface area contributed by atoms with Gasteiger partial charge in [-0.05, 0) is 37.3 Å². The number of nitrogens with one attached hydrogen (secondary N) is 1. The number of rotatable bonds is 4. The first-order chi connectivity index (χ1) is 10.5. The van der Waals surface area contributed by atoms with Crippen molar-refractivity contribution >= 4 is 17.6 Å². The van der Waals surface area contributed by atoms with E-state index in [1.165, 1.54) is 0 Å². The van der Waals surface area contributed by atoms with Crippen LogP contribution in [0.25, 0.3) is 0 Å². The third kappa shape index (κ3) is 2.61. The number of amides is 1. The molecule has 1 amide bonds. The Balaban J connectivity index is 1.62. The minimum atomic E-state index is -0.697. The van der Waals surface area contributed by atoms with Crippen molar-refractivity contribution in [3.63, 3.8) is 0 Å². The van der Waals surface area contributed by atoms with Gasteiger partial charge in [-0.25, -0.2) is 0 Å². The van der Waals surface area contributed by atoms with Gasteiger partial charge in [-0.2, -0.15) is 0 Å². The van der Waals surface area contributed by atoms with E-state index >= 15 is 0 Å². The van der Waals surface area contributed by atoms with Gasteiger partial charge < -0.3 is 10.4 Å². The number of hydrogen-bond donors (Lipinski definition) is 2. The van der Waals surface area contributed by atoms with E-state index in [4.69, 9.17) is 0 Å². The lowest BCUT2D eigenvalue weighted by atomic mass is 9.81. The van der Waals surface area contributed by atoms with E-state index in [9.17, 15) is 14.7 Å². The first-order valence-corrected chi connectivity index (χ1v) is 7.82. The number of aliphatic carboxylic acids is 1. The van der Waals surface area contributed by atoms with E-state index in [0.717, 1.165) is 30.5 Å². The number of carbonyl (C=O) groups excluding carboxylic acids is 1. The van der Waals surface area contributed by atoms with Crippen LogP contribution in [0.5, 0.6) is 0 Å². The van der Waals surface area contributed by atoms with Crippen molar-refractivity contribution in [2.24, 2.45) is 11.3 Å². The molecule has 1 aliphatic carbocycles. The fourth-order valence-corrected chi connectivity index (χ4v) is 3.97. The van der Waals surface area contributed by atoms with Crippen molar-refractivity contribution in [2.45, 2.75) is 26.2 Å². The number of nitrogens with zero attached hydrogens (tertiary/aromatic N) is 1. The number of anilines is 1. The zero-order valence-corrected chi connectivity index (χ0v) is 12.8. The molecule has 1 saturated carbocycles. The van der Waals surface area contributed by atoms with Gasteiger partial charge in [0.15, 0.2) is 0 Å². The summed E-state index contributed by atoms with van der Waals surface area (Å²) in [4.78, 5) is 25.9. The number of hydrogen-bond acceptors (Lipinski definition) is 3. The van der Waals surface area contributed by atoms with Gasteiger partial charge in [-0.15, -0.1) is 0 Å². The molecular weight excluding hydrogens is 280 g/mol. The van der Waals surface area contributed by atoms with Gasteiger partial charge in [0.1, 0.15) is 0 Å². The highest BCUT2D eigenvalue weighted by atomic mass is 16.4. The lowest BCUT2D eigenvalue weighted by Crippen LogP contribution is -2.37. The summed E-state index contributed by atoms with van der Waals surface area (Å²) in [5, 5.41) is 12.5. The van der Waals surface area contributed by atoms with Crippen LogP contribution in [0, 0.1) is 18.3 Å². The van der Waals surface area contributed by atoms with Crippen LogP contribution in [0.2, 0.25) is 0 Å². The maximum absolute atomic E-state index is 12.2. The zero-order valence-electron chi connectivity index (χ0n) is 12.8. The normalized spacial score (nSPS) is 27.6. The standard InChI is InChI=1S/C17H22N2O3/c1-12-5-2-3-7-14(12)18-15(20)10-19-9-13-6-4-8-17(13,11-19)16(21)22/h2-3,5,7,13H,4,6,8-11H2,1H3,(H,18,20)(H,21,22)/t13-,17+/m0/s1. The number of carbonyl (C=O) groups is 2. The van der Waals surface area contributed by atoms with Crippen molar-refractivity contribution in [1.29, 1.82) is 0 Å². The molecule has 2 fully saturated rings. The highest BCUT2D eigenvalue weighted by Crippen LogP contribution is 2.48. The third-order valence-electron chi connectivity index (χ3n) is 5.15. The number of aryl methyl sites for hydroxylation is 1. The van der Waals surface area contributed by atoms with Crippen molar-refractivity contribution in [3.8, 4) is 0 Å². The SMILES string of the molecule is Cc1ccccc1NC(=O)CN1C[C@@H]2CCC[C@@]2(C(=O)O)C1. The monoisotopic (exact) mass is 302 g/mol. The van der Waals surface area contributed by atoms with Gasteiger partial charge in [0, 0.05) is 18.8 Å². The van der Waals surface area contributed by atoms with Crippen molar-refractivity contribution in [3.05, 3.63) is 29.8 Å². The van der Waals surface area contributed by atoms with Crippen LogP contribution in [-0.4, -0.2) is 41.5 Å². The minimum Gasteiger partial charge on any atom is -0.481 e. The molecule has 5 nitrogen and oxygen atoms in total. The molecule has 2 atom stereocenters. The molecule has 0 bridgehead atoms. The number of para-hydroxylation sites is 1. The fourth-order valence-electron chi connectivity index (χ4n) is 3.97. The molecule has 22 heavy (non-hydrogen) atoms. The number of fused-ring (bicyclic) bond motifs is 1.